The van der Waals surface area contributed by atoms with E-state index in [1.54, 1.807) is 17.4 Å². The molecule has 3 rings (SSSR count). The number of nitrogens with one attached hydrogen (secondary N) is 1. The quantitative estimate of drug-likeness (QED) is 0.765. The van der Waals surface area contributed by atoms with Gasteiger partial charge >= 0.3 is 0 Å². The Kier molecular flexibility index (Phi) is 6.65. The lowest BCUT2D eigenvalue weighted by Crippen LogP contribution is -2.39. The molecule has 0 radical (unpaired) electrons. The lowest BCUT2D eigenvalue weighted by atomic mass is 9.95. The number of carbonyl (C=O) groups is 1. The molecule has 2 heterocycles. The van der Waals surface area contributed by atoms with Crippen LogP contribution in [0.1, 0.15) is 41.9 Å². The largest absolute Gasteiger partial charge is 0.349 e. The van der Waals surface area contributed by atoms with E-state index in [4.69, 9.17) is 0 Å². The topological polar surface area (TPSA) is 74.9 Å². The van der Waals surface area contributed by atoms with Crippen LogP contribution in [0.25, 0.3) is 11.6 Å². The van der Waals surface area contributed by atoms with Gasteiger partial charge in [-0.3, -0.25) is 14.2 Å². The van der Waals surface area contributed by atoms with Gasteiger partial charge in [0.05, 0.1) is 4.53 Å². The summed E-state index contributed by atoms with van der Waals surface area (Å²) in [5.74, 6) is -0.396. The zero-order chi connectivity index (χ0) is 20.1. The van der Waals surface area contributed by atoms with Crippen molar-refractivity contribution in [3.05, 3.63) is 54.1 Å². The van der Waals surface area contributed by atoms with Gasteiger partial charge in [0.15, 0.2) is 5.57 Å². The highest BCUT2D eigenvalue weighted by Crippen LogP contribution is 2.18. The number of nitrogens with zero attached hydrogens (tertiary/aromatic N) is 2. The average molecular weight is 414 g/mol. The predicted octanol–water partition coefficient (Wildman–Crippen LogP) is 2.42. The average Bonchev–Trinajstić information content (AvgIpc) is 3.22. The summed E-state index contributed by atoms with van der Waals surface area (Å²) >= 11 is 2.78. The van der Waals surface area contributed by atoms with E-state index in [-0.39, 0.29) is 23.7 Å². The molecule has 0 spiro atoms. The minimum Gasteiger partial charge on any atom is -0.349 e. The lowest BCUT2D eigenvalue weighted by molar-refractivity contribution is -0.116. The van der Waals surface area contributed by atoms with Gasteiger partial charge in [-0.1, -0.05) is 25.3 Å². The number of allylic oxidation sites excluding steroid dienone is 1. The summed E-state index contributed by atoms with van der Waals surface area (Å²) < 4.78 is 2.36. The summed E-state index contributed by atoms with van der Waals surface area (Å²) in [5.41, 5.74) is -0.208. The molecule has 0 aliphatic heterocycles. The number of rotatable bonds is 5. The number of aromatic nitrogens is 1. The molecular formula is C21H23N3O2S2. The molecule has 28 heavy (non-hydrogen) atoms. The van der Waals surface area contributed by atoms with Crippen LogP contribution >= 0.6 is 22.7 Å². The molecule has 1 fully saturated rings. The number of thiazole rings is 1. The van der Waals surface area contributed by atoms with Crippen molar-refractivity contribution in [3.63, 3.8) is 0 Å². The number of aryl methyl sites for hydroxylation is 1. The van der Waals surface area contributed by atoms with E-state index in [2.05, 4.69) is 11.9 Å². The predicted molar refractivity (Wildman–Crippen MR) is 115 cm³/mol. The second-order valence-corrected chi connectivity index (χ2v) is 9.21. The van der Waals surface area contributed by atoms with Crippen LogP contribution < -0.4 is 20.1 Å². The monoisotopic (exact) mass is 413 g/mol. The standard InChI is InChI=1S/C21H23N3O2S2/c1-3-11-24-20(26)18(12-16-10-9-14(2)27-16)28-21(24)17(13-22)19(25)23-15-7-5-4-6-8-15/h3,9-10,12,15H,1,4-8,11H2,2H3,(H,23,25)/b18-12-,21-17+. The fraction of sp³-hybridized carbons (Fsp3) is 0.381. The van der Waals surface area contributed by atoms with Gasteiger partial charge in [-0.25, -0.2) is 0 Å². The van der Waals surface area contributed by atoms with Crippen molar-refractivity contribution in [1.29, 1.82) is 5.26 Å². The molecule has 0 aromatic carbocycles. The summed E-state index contributed by atoms with van der Waals surface area (Å²) in [7, 11) is 0. The summed E-state index contributed by atoms with van der Waals surface area (Å²) in [5, 5.41) is 12.7. The van der Waals surface area contributed by atoms with Gasteiger partial charge in [-0.15, -0.1) is 29.3 Å². The maximum atomic E-state index is 12.9. The minimum atomic E-state index is -0.396. The van der Waals surface area contributed by atoms with E-state index in [9.17, 15) is 14.9 Å². The molecule has 2 aromatic heterocycles. The molecule has 1 amide bonds. The van der Waals surface area contributed by atoms with E-state index in [1.165, 1.54) is 22.3 Å². The summed E-state index contributed by atoms with van der Waals surface area (Å²) in [4.78, 5) is 27.8. The van der Waals surface area contributed by atoms with Gasteiger partial charge in [0.1, 0.15) is 10.7 Å². The second-order valence-electron chi connectivity index (χ2n) is 6.86. The highest BCUT2D eigenvalue weighted by Gasteiger charge is 2.20. The number of hydrogen-bond acceptors (Lipinski definition) is 5. The minimum absolute atomic E-state index is 0.00321. The van der Waals surface area contributed by atoms with Crippen LogP contribution in [0, 0.1) is 18.3 Å². The Hall–Kier alpha value is -2.43. The number of amides is 1. The number of carbonyl (C=O) groups excluding carboxylic acids is 1. The zero-order valence-electron chi connectivity index (χ0n) is 15.9. The number of thiophene rings is 1. The lowest BCUT2D eigenvalue weighted by Gasteiger charge is -2.22. The van der Waals surface area contributed by atoms with Crippen molar-refractivity contribution >= 4 is 40.2 Å². The summed E-state index contributed by atoms with van der Waals surface area (Å²) in [6.45, 7) is 5.97. The van der Waals surface area contributed by atoms with Crippen LogP contribution in [0.5, 0.6) is 0 Å². The molecule has 1 N–H and O–H groups in total. The SMILES string of the molecule is C=CCn1c(=O)/c(=C/c2ccc(C)s2)s/c1=C(\C#N)C(=O)NC1CCCCC1. The fourth-order valence-corrected chi connectivity index (χ4v) is 5.36. The summed E-state index contributed by atoms with van der Waals surface area (Å²) in [6.07, 6.45) is 8.66. The molecule has 1 saturated carbocycles. The molecule has 7 heteroatoms. The highest BCUT2D eigenvalue weighted by molar-refractivity contribution is 7.13. The molecule has 0 saturated heterocycles. The van der Waals surface area contributed by atoms with Gasteiger partial charge in [-0.05, 0) is 38.0 Å². The Morgan fingerprint density at radius 2 is 2.11 bits per heavy atom. The Morgan fingerprint density at radius 3 is 2.71 bits per heavy atom. The van der Waals surface area contributed by atoms with E-state index in [1.807, 2.05) is 31.2 Å². The van der Waals surface area contributed by atoms with E-state index in [0.29, 0.717) is 9.20 Å². The molecule has 0 bridgehead atoms. The zero-order valence-corrected chi connectivity index (χ0v) is 17.5. The third kappa shape index (κ3) is 4.51. The maximum absolute atomic E-state index is 12.9. The van der Waals surface area contributed by atoms with E-state index < -0.39 is 5.91 Å². The van der Waals surface area contributed by atoms with E-state index in [0.717, 1.165) is 35.4 Å². The van der Waals surface area contributed by atoms with Crippen LogP contribution in [-0.4, -0.2) is 16.5 Å². The van der Waals surface area contributed by atoms with Crippen molar-refractivity contribution in [2.75, 3.05) is 0 Å². The van der Waals surface area contributed by atoms with Crippen molar-refractivity contribution < 1.29 is 4.79 Å². The Labute approximate surface area is 171 Å². The highest BCUT2D eigenvalue weighted by atomic mass is 32.1. The maximum Gasteiger partial charge on any atom is 0.269 e. The molecule has 1 aliphatic carbocycles. The Morgan fingerprint density at radius 1 is 1.36 bits per heavy atom. The fourth-order valence-electron chi connectivity index (χ4n) is 3.36. The first-order valence-corrected chi connectivity index (χ1v) is 11.0. The van der Waals surface area contributed by atoms with Gasteiger partial charge in [0, 0.05) is 22.3 Å². The van der Waals surface area contributed by atoms with Gasteiger partial charge in [-0.2, -0.15) is 5.26 Å². The third-order valence-corrected chi connectivity index (χ3v) is 6.82. The molecule has 146 valence electrons. The van der Waals surface area contributed by atoms with Crippen LogP contribution in [0.15, 0.2) is 29.6 Å². The number of hydrogen-bond donors (Lipinski definition) is 1. The number of nitriles is 1. The summed E-state index contributed by atoms with van der Waals surface area (Å²) in [6, 6.07) is 6.08. The van der Waals surface area contributed by atoms with Crippen LogP contribution in [0.3, 0.4) is 0 Å². The second kappa shape index (κ2) is 9.18. The Bertz CT molecular complexity index is 1090. The van der Waals surface area contributed by atoms with E-state index >= 15 is 0 Å². The van der Waals surface area contributed by atoms with Crippen molar-refractivity contribution in [1.82, 2.24) is 9.88 Å². The third-order valence-electron chi connectivity index (χ3n) is 4.75. The van der Waals surface area contributed by atoms with Crippen molar-refractivity contribution in [2.45, 2.75) is 51.6 Å². The first-order chi connectivity index (χ1) is 13.5. The molecule has 2 aromatic rings. The molecule has 0 atom stereocenters. The smallest absolute Gasteiger partial charge is 0.269 e. The molecule has 1 aliphatic rings. The normalized spacial score (nSPS) is 16.5. The van der Waals surface area contributed by atoms with Gasteiger partial charge in [0.25, 0.3) is 11.5 Å². The van der Waals surface area contributed by atoms with Gasteiger partial charge in [0.2, 0.25) is 0 Å². The van der Waals surface area contributed by atoms with Crippen LogP contribution in [0.4, 0.5) is 0 Å². The van der Waals surface area contributed by atoms with Crippen LogP contribution in [-0.2, 0) is 11.3 Å². The molecular weight excluding hydrogens is 390 g/mol. The van der Waals surface area contributed by atoms with Crippen molar-refractivity contribution in [3.8, 4) is 6.07 Å². The van der Waals surface area contributed by atoms with Crippen LogP contribution in [0.2, 0.25) is 0 Å². The molecule has 0 unspecified atom stereocenters. The van der Waals surface area contributed by atoms with Gasteiger partial charge < -0.3 is 5.32 Å². The van der Waals surface area contributed by atoms with Crippen molar-refractivity contribution in [2.24, 2.45) is 0 Å². The Balaban J connectivity index is 2.09. The first kappa shape index (κ1) is 20.3. The molecule has 5 nitrogen and oxygen atoms in total. The first-order valence-electron chi connectivity index (χ1n) is 9.37.